The van der Waals surface area contributed by atoms with E-state index in [2.05, 4.69) is 24.0 Å². The molecule has 0 fully saturated rings. The van der Waals surface area contributed by atoms with Gasteiger partial charge >= 0.3 is 5.97 Å². The van der Waals surface area contributed by atoms with E-state index in [4.69, 9.17) is 5.11 Å². The van der Waals surface area contributed by atoms with Gasteiger partial charge in [0.2, 0.25) is 0 Å². The molecule has 0 radical (unpaired) electrons. The van der Waals surface area contributed by atoms with Gasteiger partial charge in [0.1, 0.15) is 0 Å². The van der Waals surface area contributed by atoms with E-state index in [0.717, 1.165) is 0 Å². The summed E-state index contributed by atoms with van der Waals surface area (Å²) in [6, 6.07) is 7.66. The molecule has 1 aliphatic rings. The zero-order chi connectivity index (χ0) is 16.6. The summed E-state index contributed by atoms with van der Waals surface area (Å²) in [6.45, 7) is 5.08. The third-order valence-electron chi connectivity index (χ3n) is 4.25. The Balaban J connectivity index is 1.77. The van der Waals surface area contributed by atoms with Gasteiger partial charge in [-0.2, -0.15) is 5.10 Å². The van der Waals surface area contributed by atoms with Crippen LogP contribution in [0.15, 0.2) is 24.3 Å². The van der Waals surface area contributed by atoms with Crippen molar-refractivity contribution in [2.24, 2.45) is 0 Å². The molecule has 0 spiro atoms. The number of carboxylic acids is 1. The van der Waals surface area contributed by atoms with Crippen LogP contribution in [0.5, 0.6) is 0 Å². The summed E-state index contributed by atoms with van der Waals surface area (Å²) in [4.78, 5) is 25.4. The van der Waals surface area contributed by atoms with Crippen LogP contribution < -0.4 is 0 Å². The first kappa shape index (κ1) is 15.3. The molecule has 0 saturated carbocycles. The number of hydrogen-bond donors (Lipinski definition) is 2. The Morgan fingerprint density at radius 1 is 1.26 bits per heavy atom. The minimum Gasteiger partial charge on any atom is -0.476 e. The third-order valence-corrected chi connectivity index (χ3v) is 4.25. The maximum Gasteiger partial charge on any atom is 0.356 e. The maximum absolute atomic E-state index is 12.6. The normalized spacial score (nSPS) is 14.0. The molecule has 0 aliphatic carbocycles. The molecule has 2 heterocycles. The Kier molecular flexibility index (Phi) is 3.90. The topological polar surface area (TPSA) is 86.3 Å². The highest BCUT2D eigenvalue weighted by molar-refractivity contribution is 5.94. The highest BCUT2D eigenvalue weighted by atomic mass is 16.4. The van der Waals surface area contributed by atoms with Crippen molar-refractivity contribution in [3.8, 4) is 0 Å². The summed E-state index contributed by atoms with van der Waals surface area (Å²) < 4.78 is 0. The lowest BCUT2D eigenvalue weighted by Gasteiger charge is -2.27. The largest absolute Gasteiger partial charge is 0.476 e. The predicted octanol–water partition coefficient (Wildman–Crippen LogP) is 2.43. The van der Waals surface area contributed by atoms with E-state index >= 15 is 0 Å². The summed E-state index contributed by atoms with van der Waals surface area (Å²) in [5.74, 6) is -0.653. The van der Waals surface area contributed by atoms with Gasteiger partial charge in [0, 0.05) is 17.7 Å². The molecule has 1 aromatic carbocycles. The number of aromatic amines is 1. The van der Waals surface area contributed by atoms with Crippen LogP contribution in [0.3, 0.4) is 0 Å². The second-order valence-corrected chi connectivity index (χ2v) is 6.09. The summed E-state index contributed by atoms with van der Waals surface area (Å²) in [7, 11) is 0. The van der Waals surface area contributed by atoms with Crippen LogP contribution in [0.4, 0.5) is 0 Å². The lowest BCUT2D eigenvalue weighted by Crippen LogP contribution is -2.36. The number of nitrogens with zero attached hydrogens (tertiary/aromatic N) is 2. The highest BCUT2D eigenvalue weighted by Gasteiger charge is 2.27. The second-order valence-electron chi connectivity index (χ2n) is 6.09. The molecule has 1 aromatic heterocycles. The van der Waals surface area contributed by atoms with Gasteiger partial charge in [-0.15, -0.1) is 0 Å². The van der Waals surface area contributed by atoms with Gasteiger partial charge in [0.25, 0.3) is 5.91 Å². The van der Waals surface area contributed by atoms with Crippen molar-refractivity contribution < 1.29 is 14.7 Å². The summed E-state index contributed by atoms with van der Waals surface area (Å²) in [5.41, 5.74) is 3.32. The first-order valence-electron chi connectivity index (χ1n) is 7.66. The number of rotatable bonds is 3. The molecule has 0 saturated heterocycles. The molecule has 120 valence electrons. The molecule has 0 unspecified atom stereocenters. The number of carbonyl (C=O) groups is 2. The Labute approximate surface area is 134 Å². The van der Waals surface area contributed by atoms with Gasteiger partial charge in [0.15, 0.2) is 5.69 Å². The number of nitrogens with one attached hydrogen (secondary N) is 1. The minimum absolute atomic E-state index is 0.0440. The quantitative estimate of drug-likeness (QED) is 0.911. The van der Waals surface area contributed by atoms with E-state index < -0.39 is 5.97 Å². The number of carbonyl (C=O) groups excluding carboxylic acids is 1. The fraction of sp³-hybridized carbons (Fsp3) is 0.353. The first-order valence-corrected chi connectivity index (χ1v) is 7.66. The van der Waals surface area contributed by atoms with Gasteiger partial charge in [-0.3, -0.25) is 9.89 Å². The predicted molar refractivity (Wildman–Crippen MR) is 84.5 cm³/mol. The molecule has 0 atom stereocenters. The number of carboxylic acid groups (broad SMARTS) is 1. The van der Waals surface area contributed by atoms with Crippen LogP contribution in [0.1, 0.15) is 57.4 Å². The molecular formula is C17H19N3O3. The van der Waals surface area contributed by atoms with E-state index in [1.807, 2.05) is 24.3 Å². The standard InChI is InChI=1S/C17H19N3O3/c1-10(2)11-3-5-12(6-4-11)16(21)20-8-7-13-14(9-20)18-19-15(13)17(22)23/h3-6,10H,7-9H2,1-2H3,(H,18,19)(H,22,23). The number of fused-ring (bicyclic) bond motifs is 1. The van der Waals surface area contributed by atoms with Crippen LogP contribution in [0, 0.1) is 0 Å². The molecule has 23 heavy (non-hydrogen) atoms. The molecule has 2 aromatic rings. The second kappa shape index (κ2) is 5.87. The SMILES string of the molecule is CC(C)c1ccc(C(=O)N2CCc3c(C(=O)O)n[nH]c3C2)cc1. The van der Waals surface area contributed by atoms with Crippen molar-refractivity contribution in [3.05, 3.63) is 52.3 Å². The zero-order valence-corrected chi connectivity index (χ0v) is 13.2. The molecular weight excluding hydrogens is 294 g/mol. The van der Waals surface area contributed by atoms with Gasteiger partial charge in [-0.25, -0.2) is 4.79 Å². The number of aromatic nitrogens is 2. The van der Waals surface area contributed by atoms with E-state index in [9.17, 15) is 9.59 Å². The number of benzene rings is 1. The monoisotopic (exact) mass is 313 g/mol. The number of hydrogen-bond acceptors (Lipinski definition) is 3. The maximum atomic E-state index is 12.6. The molecule has 0 bridgehead atoms. The van der Waals surface area contributed by atoms with Crippen LogP contribution in [-0.2, 0) is 13.0 Å². The van der Waals surface area contributed by atoms with Crippen molar-refractivity contribution >= 4 is 11.9 Å². The lowest BCUT2D eigenvalue weighted by molar-refractivity contribution is 0.0689. The molecule has 2 N–H and O–H groups in total. The number of H-pyrrole nitrogens is 1. The average Bonchev–Trinajstić information content (AvgIpc) is 2.97. The molecule has 6 heteroatoms. The highest BCUT2D eigenvalue weighted by Crippen LogP contribution is 2.22. The van der Waals surface area contributed by atoms with Crippen LogP contribution in [-0.4, -0.2) is 38.6 Å². The fourth-order valence-electron chi connectivity index (χ4n) is 2.86. The van der Waals surface area contributed by atoms with Crippen LogP contribution >= 0.6 is 0 Å². The summed E-state index contributed by atoms with van der Waals surface area (Å²) >= 11 is 0. The molecule has 3 rings (SSSR count). The Morgan fingerprint density at radius 3 is 2.57 bits per heavy atom. The fourth-order valence-corrected chi connectivity index (χ4v) is 2.86. The zero-order valence-electron chi connectivity index (χ0n) is 13.2. The van der Waals surface area contributed by atoms with Crippen LogP contribution in [0.25, 0.3) is 0 Å². The van der Waals surface area contributed by atoms with E-state index in [0.29, 0.717) is 42.2 Å². The number of amides is 1. The minimum atomic E-state index is -1.04. The van der Waals surface area contributed by atoms with Crippen molar-refractivity contribution in [2.45, 2.75) is 32.7 Å². The van der Waals surface area contributed by atoms with Crippen molar-refractivity contribution in [1.29, 1.82) is 0 Å². The molecule has 1 amide bonds. The molecule has 6 nitrogen and oxygen atoms in total. The van der Waals surface area contributed by atoms with Gasteiger partial charge in [-0.1, -0.05) is 26.0 Å². The van der Waals surface area contributed by atoms with Crippen molar-refractivity contribution in [2.75, 3.05) is 6.54 Å². The Morgan fingerprint density at radius 2 is 1.96 bits per heavy atom. The first-order chi connectivity index (χ1) is 11.0. The lowest BCUT2D eigenvalue weighted by atomic mass is 10.0. The van der Waals surface area contributed by atoms with E-state index in [1.54, 1.807) is 4.90 Å². The van der Waals surface area contributed by atoms with Crippen molar-refractivity contribution in [3.63, 3.8) is 0 Å². The third kappa shape index (κ3) is 2.84. The van der Waals surface area contributed by atoms with Gasteiger partial charge in [0.05, 0.1) is 12.2 Å². The van der Waals surface area contributed by atoms with E-state index in [-0.39, 0.29) is 11.6 Å². The summed E-state index contributed by atoms with van der Waals surface area (Å²) in [5, 5.41) is 15.7. The van der Waals surface area contributed by atoms with Gasteiger partial charge < -0.3 is 10.0 Å². The summed E-state index contributed by atoms with van der Waals surface area (Å²) in [6.07, 6.45) is 0.503. The number of aromatic carboxylic acids is 1. The molecule has 1 aliphatic heterocycles. The Bertz CT molecular complexity index is 747. The van der Waals surface area contributed by atoms with Crippen LogP contribution in [0.2, 0.25) is 0 Å². The van der Waals surface area contributed by atoms with Crippen molar-refractivity contribution in [1.82, 2.24) is 15.1 Å². The Hall–Kier alpha value is -2.63. The average molecular weight is 313 g/mol. The smallest absolute Gasteiger partial charge is 0.356 e. The van der Waals surface area contributed by atoms with E-state index in [1.165, 1.54) is 5.56 Å². The van der Waals surface area contributed by atoms with Gasteiger partial charge in [-0.05, 0) is 30.0 Å².